The highest BCUT2D eigenvalue weighted by Gasteiger charge is 2.35. The van der Waals surface area contributed by atoms with Gasteiger partial charge >= 0.3 is 11.9 Å². The minimum atomic E-state index is -1.17. The second kappa shape index (κ2) is 19.3. The van der Waals surface area contributed by atoms with Gasteiger partial charge in [0.15, 0.2) is 11.6 Å². The molecule has 0 aliphatic heterocycles. The molecule has 0 heterocycles. The highest BCUT2D eigenvalue weighted by atomic mass is 19.2. The predicted molar refractivity (Wildman–Crippen MR) is 179 cm³/mol. The van der Waals surface area contributed by atoms with Crippen molar-refractivity contribution in [1.29, 1.82) is 0 Å². The molecule has 50 heavy (non-hydrogen) atoms. The molecule has 2 saturated carbocycles. The fourth-order valence-corrected chi connectivity index (χ4v) is 7.97. The summed E-state index contributed by atoms with van der Waals surface area (Å²) in [5.41, 5.74) is -0.212. The van der Waals surface area contributed by atoms with E-state index in [1.807, 2.05) is 0 Å². The number of esters is 2. The van der Waals surface area contributed by atoms with Crippen molar-refractivity contribution in [3.05, 3.63) is 70.8 Å². The van der Waals surface area contributed by atoms with Crippen LogP contribution in [0.1, 0.15) is 94.1 Å². The number of aryl methyl sites for hydroxylation is 1. The summed E-state index contributed by atoms with van der Waals surface area (Å²) in [6.45, 7) is 2.07. The van der Waals surface area contributed by atoms with Crippen molar-refractivity contribution < 1.29 is 51.2 Å². The SMILES string of the molecule is C=C(CO)C(=O)OCCC(CCOC(=O)CO)C1CCC(C2CCC(c3c(F)cc(-c4ccc(CCCCF)c(F)c4F)cc3F)CC2)CC1. The highest BCUT2D eigenvalue weighted by molar-refractivity contribution is 5.87. The Labute approximate surface area is 291 Å². The molecule has 2 N–H and O–H groups in total. The molecule has 0 bridgehead atoms. The predicted octanol–water partition coefficient (Wildman–Crippen LogP) is 8.31. The van der Waals surface area contributed by atoms with Gasteiger partial charge in [-0.2, -0.15) is 0 Å². The molecule has 4 rings (SSSR count). The van der Waals surface area contributed by atoms with E-state index < -0.39 is 55.1 Å². The Balaban J connectivity index is 1.32. The topological polar surface area (TPSA) is 93.1 Å². The van der Waals surface area contributed by atoms with Gasteiger partial charge in [0, 0.05) is 11.1 Å². The van der Waals surface area contributed by atoms with Crippen LogP contribution < -0.4 is 0 Å². The van der Waals surface area contributed by atoms with Crippen molar-refractivity contribution in [2.75, 3.05) is 33.1 Å². The number of aliphatic hydroxyl groups is 2. The number of unbranched alkanes of at least 4 members (excludes halogenated alkanes) is 1. The maximum Gasteiger partial charge on any atom is 0.335 e. The molecular weight excluding hydrogens is 659 g/mol. The summed E-state index contributed by atoms with van der Waals surface area (Å²) in [5, 5.41) is 18.1. The van der Waals surface area contributed by atoms with Gasteiger partial charge < -0.3 is 19.7 Å². The minimum absolute atomic E-state index is 0.00682. The van der Waals surface area contributed by atoms with Crippen molar-refractivity contribution in [1.82, 2.24) is 0 Å². The molecule has 2 fully saturated rings. The second-order valence-corrected chi connectivity index (χ2v) is 13.8. The minimum Gasteiger partial charge on any atom is -0.464 e. The highest BCUT2D eigenvalue weighted by Crippen LogP contribution is 2.47. The molecule has 1 unspecified atom stereocenters. The molecule has 276 valence electrons. The van der Waals surface area contributed by atoms with Crippen LogP contribution in [0.15, 0.2) is 36.4 Å². The van der Waals surface area contributed by atoms with E-state index >= 15 is 8.78 Å². The van der Waals surface area contributed by atoms with Crippen LogP contribution in [0.2, 0.25) is 0 Å². The largest absolute Gasteiger partial charge is 0.464 e. The van der Waals surface area contributed by atoms with Crippen LogP contribution in [-0.4, -0.2) is 55.3 Å². The fraction of sp³-hybridized carbons (Fsp3) is 0.590. The molecule has 2 aromatic carbocycles. The molecule has 2 aliphatic carbocycles. The number of hydrogen-bond acceptors (Lipinski definition) is 6. The Morgan fingerprint density at radius 3 is 1.98 bits per heavy atom. The number of rotatable bonds is 17. The first-order chi connectivity index (χ1) is 24.1. The number of alkyl halides is 1. The number of benzene rings is 2. The quantitative estimate of drug-likeness (QED) is 0.0744. The van der Waals surface area contributed by atoms with Crippen LogP contribution in [0.4, 0.5) is 22.0 Å². The Bertz CT molecular complexity index is 1430. The average Bonchev–Trinajstić information content (AvgIpc) is 3.12. The lowest BCUT2D eigenvalue weighted by atomic mass is 9.66. The maximum atomic E-state index is 15.4. The van der Waals surface area contributed by atoms with E-state index in [1.165, 1.54) is 12.1 Å². The Morgan fingerprint density at radius 2 is 1.40 bits per heavy atom. The standard InChI is InChI=1S/C39H49F5O6/c1-24(22-45)39(48)50-19-16-28(15-18-49-35(47)23-46)27-7-5-25(6-8-27)26-9-11-29(12-10-26)36-33(41)20-31(21-34(36)42)32-14-13-30(4-2-3-17-40)37(43)38(32)44/h13-14,20-21,25-29,45-46H,1-12,15-19,22-23H2. The molecule has 6 nitrogen and oxygen atoms in total. The van der Waals surface area contributed by atoms with E-state index in [1.54, 1.807) is 0 Å². The van der Waals surface area contributed by atoms with Gasteiger partial charge in [-0.15, -0.1) is 0 Å². The Kier molecular flexibility index (Phi) is 15.3. The van der Waals surface area contributed by atoms with E-state index in [9.17, 15) is 22.8 Å². The first-order valence-electron chi connectivity index (χ1n) is 17.8. The van der Waals surface area contributed by atoms with E-state index in [4.69, 9.17) is 19.7 Å². The normalized spacial score (nSPS) is 21.4. The molecule has 2 aromatic rings. The third kappa shape index (κ3) is 10.4. The molecule has 1 atom stereocenters. The number of hydrogen-bond donors (Lipinski definition) is 2. The van der Waals surface area contributed by atoms with Crippen LogP contribution in [0.3, 0.4) is 0 Å². The van der Waals surface area contributed by atoms with Crippen molar-refractivity contribution >= 4 is 11.9 Å². The van der Waals surface area contributed by atoms with Gasteiger partial charge in [-0.1, -0.05) is 18.7 Å². The van der Waals surface area contributed by atoms with Crippen LogP contribution in [0.5, 0.6) is 0 Å². The summed E-state index contributed by atoms with van der Waals surface area (Å²) in [6, 6.07) is 4.86. The van der Waals surface area contributed by atoms with Crippen molar-refractivity contribution in [2.24, 2.45) is 23.7 Å². The number of ether oxygens (including phenoxy) is 2. The monoisotopic (exact) mass is 708 g/mol. The maximum absolute atomic E-state index is 15.4. The molecule has 0 amide bonds. The van der Waals surface area contributed by atoms with Gasteiger partial charge in [-0.05, 0) is 136 Å². The van der Waals surface area contributed by atoms with Gasteiger partial charge in [0.25, 0.3) is 0 Å². The number of halogens is 5. The second-order valence-electron chi connectivity index (χ2n) is 13.8. The van der Waals surface area contributed by atoms with E-state index in [-0.39, 0.29) is 65.7 Å². The molecular formula is C39H49F5O6. The summed E-state index contributed by atoms with van der Waals surface area (Å²) < 4.78 is 83.3. The molecule has 0 saturated heterocycles. The van der Waals surface area contributed by atoms with Crippen molar-refractivity contribution in [2.45, 2.75) is 89.4 Å². The Morgan fingerprint density at radius 1 is 0.800 bits per heavy atom. The van der Waals surface area contributed by atoms with Crippen LogP contribution >= 0.6 is 0 Å². The van der Waals surface area contributed by atoms with E-state index in [2.05, 4.69) is 6.58 Å². The first-order valence-corrected chi connectivity index (χ1v) is 17.8. The summed E-state index contributed by atoms with van der Waals surface area (Å²) >= 11 is 0. The van der Waals surface area contributed by atoms with Crippen molar-refractivity contribution in [3.8, 4) is 11.1 Å². The van der Waals surface area contributed by atoms with Gasteiger partial charge in [0.1, 0.15) is 18.2 Å². The zero-order valence-corrected chi connectivity index (χ0v) is 28.5. The van der Waals surface area contributed by atoms with Crippen LogP contribution in [0.25, 0.3) is 11.1 Å². The van der Waals surface area contributed by atoms with Gasteiger partial charge in [0.05, 0.1) is 32.1 Å². The first kappa shape index (κ1) is 39.5. The van der Waals surface area contributed by atoms with Gasteiger partial charge in [-0.25, -0.2) is 27.2 Å². The Hall–Kier alpha value is -3.31. The third-order valence-electron chi connectivity index (χ3n) is 10.8. The van der Waals surface area contributed by atoms with E-state index in [0.717, 1.165) is 50.7 Å². The lowest BCUT2D eigenvalue weighted by Gasteiger charge is -2.40. The average molecular weight is 709 g/mol. The van der Waals surface area contributed by atoms with Crippen LogP contribution in [0, 0.1) is 46.9 Å². The molecule has 11 heteroatoms. The zero-order valence-electron chi connectivity index (χ0n) is 28.5. The van der Waals surface area contributed by atoms with E-state index in [0.29, 0.717) is 49.9 Å². The lowest BCUT2D eigenvalue weighted by Crippen LogP contribution is -2.29. The molecule has 0 spiro atoms. The van der Waals surface area contributed by atoms with Gasteiger partial charge in [0.2, 0.25) is 0 Å². The summed E-state index contributed by atoms with van der Waals surface area (Å²) in [6.07, 6.45) is 8.68. The lowest BCUT2D eigenvalue weighted by molar-refractivity contribution is -0.147. The molecule has 2 aliphatic rings. The zero-order chi connectivity index (χ0) is 36.2. The van der Waals surface area contributed by atoms with Gasteiger partial charge in [-0.3, -0.25) is 4.39 Å². The summed E-state index contributed by atoms with van der Waals surface area (Å²) in [7, 11) is 0. The number of carbonyl (C=O) groups is 2. The van der Waals surface area contributed by atoms with Crippen molar-refractivity contribution in [3.63, 3.8) is 0 Å². The summed E-state index contributed by atoms with van der Waals surface area (Å²) in [5.74, 6) is -4.09. The summed E-state index contributed by atoms with van der Waals surface area (Å²) in [4.78, 5) is 23.4. The smallest absolute Gasteiger partial charge is 0.335 e. The van der Waals surface area contributed by atoms with Crippen LogP contribution in [-0.2, 0) is 25.5 Å². The fourth-order valence-electron chi connectivity index (χ4n) is 7.97. The number of aliphatic hydroxyl groups excluding tert-OH is 2. The molecule has 0 aromatic heterocycles. The third-order valence-corrected chi connectivity index (χ3v) is 10.8. The number of carbonyl (C=O) groups excluding carboxylic acids is 2. The molecule has 0 radical (unpaired) electrons.